The van der Waals surface area contributed by atoms with Crippen molar-refractivity contribution in [2.24, 2.45) is 0 Å². The van der Waals surface area contributed by atoms with Crippen LogP contribution >= 0.6 is 11.8 Å². The number of likely N-dealkylation sites (N-methyl/N-ethyl adjacent to an activating group) is 1. The van der Waals surface area contributed by atoms with Gasteiger partial charge in [0.05, 0.1) is 12.9 Å². The molecule has 2 amide bonds. The molecule has 0 aliphatic rings. The van der Waals surface area contributed by atoms with Crippen molar-refractivity contribution in [2.75, 3.05) is 19.4 Å². The molecule has 0 saturated carbocycles. The highest BCUT2D eigenvalue weighted by Gasteiger charge is 2.28. The molecular formula is C23H29FN2O3S. The fraction of sp³-hybridized carbons (Fsp3) is 0.391. The molecule has 0 heterocycles. The van der Waals surface area contributed by atoms with Crippen molar-refractivity contribution in [2.45, 2.75) is 38.6 Å². The molecule has 0 fully saturated rings. The zero-order valence-corrected chi connectivity index (χ0v) is 18.5. The summed E-state index contributed by atoms with van der Waals surface area (Å²) in [6.45, 7) is 4.56. The number of carbonyl (C=O) groups excluding carboxylic acids is 2. The lowest BCUT2D eigenvalue weighted by Gasteiger charge is -2.30. The van der Waals surface area contributed by atoms with E-state index in [0.717, 1.165) is 11.3 Å². The molecule has 7 heteroatoms. The van der Waals surface area contributed by atoms with E-state index in [2.05, 4.69) is 5.32 Å². The highest BCUT2D eigenvalue weighted by molar-refractivity contribution is 7.99. The predicted molar refractivity (Wildman–Crippen MR) is 119 cm³/mol. The van der Waals surface area contributed by atoms with E-state index in [-0.39, 0.29) is 23.4 Å². The van der Waals surface area contributed by atoms with E-state index < -0.39 is 6.04 Å². The molecule has 1 atom stereocenters. The fourth-order valence-corrected chi connectivity index (χ4v) is 3.98. The summed E-state index contributed by atoms with van der Waals surface area (Å²) in [6.07, 6.45) is 0.506. The molecule has 2 aromatic carbocycles. The van der Waals surface area contributed by atoms with Crippen molar-refractivity contribution in [1.82, 2.24) is 10.2 Å². The number of ether oxygens (including phenoxy) is 1. The van der Waals surface area contributed by atoms with E-state index in [9.17, 15) is 14.0 Å². The van der Waals surface area contributed by atoms with E-state index in [1.165, 1.54) is 17.8 Å². The molecule has 2 aromatic rings. The molecule has 0 aromatic heterocycles. The van der Waals surface area contributed by atoms with Crippen molar-refractivity contribution in [3.63, 3.8) is 0 Å². The summed E-state index contributed by atoms with van der Waals surface area (Å²) in [7, 11) is 1.60. The van der Waals surface area contributed by atoms with Crippen LogP contribution in [0.15, 0.2) is 48.5 Å². The zero-order chi connectivity index (χ0) is 21.9. The van der Waals surface area contributed by atoms with Gasteiger partial charge in [0.15, 0.2) is 0 Å². The normalized spacial score (nSPS) is 11.6. The minimum Gasteiger partial charge on any atom is -0.497 e. The maximum Gasteiger partial charge on any atom is 0.242 e. The lowest BCUT2D eigenvalue weighted by Crippen LogP contribution is -2.49. The third-order valence-electron chi connectivity index (χ3n) is 4.69. The average molecular weight is 433 g/mol. The second kappa shape index (κ2) is 12.2. The zero-order valence-electron chi connectivity index (χ0n) is 17.7. The monoisotopic (exact) mass is 432 g/mol. The van der Waals surface area contributed by atoms with E-state index in [0.29, 0.717) is 30.8 Å². The van der Waals surface area contributed by atoms with Crippen LogP contribution in [-0.4, -0.2) is 42.2 Å². The maximum absolute atomic E-state index is 13.8. The molecule has 1 N–H and O–H groups in total. The summed E-state index contributed by atoms with van der Waals surface area (Å²) in [6, 6.07) is 13.4. The quantitative estimate of drug-likeness (QED) is 0.583. The minimum atomic E-state index is -0.561. The van der Waals surface area contributed by atoms with Crippen molar-refractivity contribution in [1.29, 1.82) is 0 Å². The van der Waals surface area contributed by atoms with Crippen LogP contribution in [0.3, 0.4) is 0 Å². The topological polar surface area (TPSA) is 58.6 Å². The Morgan fingerprint density at radius 2 is 1.83 bits per heavy atom. The van der Waals surface area contributed by atoms with Crippen LogP contribution in [0.5, 0.6) is 5.75 Å². The number of methoxy groups -OCH3 is 1. The number of nitrogens with one attached hydrogen (secondary N) is 1. The van der Waals surface area contributed by atoms with Crippen LogP contribution in [0, 0.1) is 5.82 Å². The van der Waals surface area contributed by atoms with Crippen molar-refractivity contribution < 1.29 is 18.7 Å². The molecular weight excluding hydrogens is 403 g/mol. The van der Waals surface area contributed by atoms with Gasteiger partial charge in [-0.3, -0.25) is 9.59 Å². The van der Waals surface area contributed by atoms with E-state index >= 15 is 0 Å². The van der Waals surface area contributed by atoms with Gasteiger partial charge in [0.2, 0.25) is 11.8 Å². The number of amides is 2. The lowest BCUT2D eigenvalue weighted by atomic mass is 10.1. The number of benzene rings is 2. The average Bonchev–Trinajstić information content (AvgIpc) is 2.75. The first-order valence-corrected chi connectivity index (χ1v) is 11.2. The summed E-state index contributed by atoms with van der Waals surface area (Å²) in [4.78, 5) is 27.2. The standard InChI is InChI=1S/C23H29FN2O3S/c1-4-21(23(28)25-5-2)26(14-17-10-12-19(29-3)13-11-17)22(27)16-30-15-18-8-6-7-9-20(18)24/h6-13,21H,4-5,14-16H2,1-3H3,(H,25,28)/t21-/m1/s1. The summed E-state index contributed by atoms with van der Waals surface area (Å²) < 4.78 is 19.0. The van der Waals surface area contributed by atoms with Gasteiger partial charge < -0.3 is 15.0 Å². The van der Waals surface area contributed by atoms with Gasteiger partial charge in [-0.15, -0.1) is 11.8 Å². The van der Waals surface area contributed by atoms with Gasteiger partial charge in [-0.25, -0.2) is 4.39 Å². The predicted octanol–water partition coefficient (Wildman–Crippen LogP) is 4.01. The molecule has 2 rings (SSSR count). The number of halogens is 1. The number of carbonyl (C=O) groups is 2. The first kappa shape index (κ1) is 23.7. The first-order chi connectivity index (χ1) is 14.5. The molecule has 0 aliphatic heterocycles. The Kier molecular flexibility index (Phi) is 9.67. The summed E-state index contributed by atoms with van der Waals surface area (Å²) >= 11 is 1.34. The van der Waals surface area contributed by atoms with Gasteiger partial charge in [0, 0.05) is 18.8 Å². The first-order valence-electron chi connectivity index (χ1n) is 10.0. The smallest absolute Gasteiger partial charge is 0.242 e. The Morgan fingerprint density at radius 3 is 2.43 bits per heavy atom. The van der Waals surface area contributed by atoms with Gasteiger partial charge in [0.25, 0.3) is 0 Å². The second-order valence-electron chi connectivity index (χ2n) is 6.77. The Labute approximate surface area is 182 Å². The number of nitrogens with zero attached hydrogens (tertiary/aromatic N) is 1. The van der Waals surface area contributed by atoms with Gasteiger partial charge in [-0.05, 0) is 42.7 Å². The SMILES string of the molecule is CCNC(=O)[C@@H](CC)N(Cc1ccc(OC)cc1)C(=O)CSCc1ccccc1F. The van der Waals surface area contributed by atoms with Gasteiger partial charge >= 0.3 is 0 Å². The Hall–Kier alpha value is -2.54. The van der Waals surface area contributed by atoms with Crippen molar-refractivity contribution in [3.8, 4) is 5.75 Å². The number of hydrogen-bond acceptors (Lipinski definition) is 4. The molecule has 30 heavy (non-hydrogen) atoms. The summed E-state index contributed by atoms with van der Waals surface area (Å²) in [5, 5.41) is 2.82. The number of thioether (sulfide) groups is 1. The highest BCUT2D eigenvalue weighted by atomic mass is 32.2. The Morgan fingerprint density at radius 1 is 1.13 bits per heavy atom. The second-order valence-corrected chi connectivity index (χ2v) is 7.76. The van der Waals surface area contributed by atoms with Gasteiger partial charge in [0.1, 0.15) is 17.6 Å². The number of hydrogen-bond donors (Lipinski definition) is 1. The highest BCUT2D eigenvalue weighted by Crippen LogP contribution is 2.20. The molecule has 0 saturated heterocycles. The van der Waals surface area contributed by atoms with E-state index in [4.69, 9.17) is 4.74 Å². The molecule has 162 valence electrons. The third-order valence-corrected chi connectivity index (χ3v) is 5.66. The summed E-state index contributed by atoms with van der Waals surface area (Å²) in [5.74, 6) is 0.702. The molecule has 0 aliphatic carbocycles. The van der Waals surface area contributed by atoms with Gasteiger partial charge in [-0.2, -0.15) is 0 Å². The number of rotatable bonds is 11. The Bertz CT molecular complexity index is 829. The van der Waals surface area contributed by atoms with E-state index in [1.807, 2.05) is 38.1 Å². The van der Waals surface area contributed by atoms with Crippen LogP contribution in [0.4, 0.5) is 4.39 Å². The third kappa shape index (κ3) is 6.76. The molecule has 0 unspecified atom stereocenters. The molecule has 0 spiro atoms. The van der Waals surface area contributed by atoms with Crippen LogP contribution in [0.2, 0.25) is 0 Å². The van der Waals surface area contributed by atoms with Crippen LogP contribution in [-0.2, 0) is 21.9 Å². The van der Waals surface area contributed by atoms with Crippen LogP contribution in [0.25, 0.3) is 0 Å². The van der Waals surface area contributed by atoms with Gasteiger partial charge in [-0.1, -0.05) is 37.3 Å². The minimum absolute atomic E-state index is 0.148. The van der Waals surface area contributed by atoms with Crippen molar-refractivity contribution in [3.05, 3.63) is 65.5 Å². The lowest BCUT2D eigenvalue weighted by molar-refractivity contribution is -0.139. The maximum atomic E-state index is 13.8. The fourth-order valence-electron chi connectivity index (χ4n) is 3.09. The van der Waals surface area contributed by atoms with Crippen LogP contribution in [0.1, 0.15) is 31.4 Å². The molecule has 5 nitrogen and oxygen atoms in total. The molecule has 0 radical (unpaired) electrons. The largest absolute Gasteiger partial charge is 0.497 e. The summed E-state index contributed by atoms with van der Waals surface area (Å²) in [5.41, 5.74) is 1.47. The Balaban J connectivity index is 2.12. The van der Waals surface area contributed by atoms with Crippen molar-refractivity contribution >= 4 is 23.6 Å². The van der Waals surface area contributed by atoms with Crippen LogP contribution < -0.4 is 10.1 Å². The van der Waals surface area contributed by atoms with E-state index in [1.54, 1.807) is 30.2 Å². The molecule has 0 bridgehead atoms.